The first kappa shape index (κ1) is 6.07. The van der Waals surface area contributed by atoms with Gasteiger partial charge in [-0.1, -0.05) is 0 Å². The van der Waals surface area contributed by atoms with E-state index >= 15 is 0 Å². The van der Waals surface area contributed by atoms with Gasteiger partial charge >= 0.3 is 7.82 Å². The minimum atomic E-state index is -4.37. The fourth-order valence-electron chi connectivity index (χ4n) is 0. The van der Waals surface area contributed by atoms with Crippen LogP contribution < -0.4 is 5.90 Å². The largest absolute Gasteiger partial charge is 0.485 e. The van der Waals surface area contributed by atoms with Crippen molar-refractivity contribution < 1.29 is 20.4 Å². The molecule has 0 spiro atoms. The Morgan fingerprint density at radius 2 is 2.00 bits per heavy atom. The normalized spacial score (nSPS) is 11.8. The molecule has 6 heavy (non-hydrogen) atoms. The van der Waals surface area contributed by atoms with E-state index in [-0.39, 0.29) is 1.43 Å². The monoisotopic (exact) mass is 115 g/mol. The van der Waals surface area contributed by atoms with Crippen LogP contribution >= 0.6 is 7.82 Å². The van der Waals surface area contributed by atoms with Gasteiger partial charge < -0.3 is 9.79 Å². The van der Waals surface area contributed by atoms with Crippen molar-refractivity contribution in [1.29, 1.82) is 0 Å². The Kier molecular flexibility index (Phi) is 1.70. The molecule has 0 amide bonds. The molecule has 0 aromatic carbocycles. The quantitative estimate of drug-likeness (QED) is 0.307. The van der Waals surface area contributed by atoms with Crippen molar-refractivity contribution in [3.8, 4) is 0 Å². The molecule has 40 valence electrons. The average Bonchev–Trinajstić information content (AvgIpc) is 1.35. The first-order chi connectivity index (χ1) is 2.56. The topological polar surface area (TPSA) is 92.8 Å². The standard InChI is InChI=1S/H4NO4P.H2/c1-5-6(2,3)4;/h1H2,(H2,2,3,4);1H. The van der Waals surface area contributed by atoms with Gasteiger partial charge in [0.25, 0.3) is 0 Å². The summed E-state index contributed by atoms with van der Waals surface area (Å²) in [5.41, 5.74) is 0. The van der Waals surface area contributed by atoms with E-state index in [1.54, 1.807) is 0 Å². The van der Waals surface area contributed by atoms with Gasteiger partial charge in [0.2, 0.25) is 0 Å². The molecule has 0 aromatic rings. The minimum Gasteiger partial charge on any atom is -0.302 e. The molecule has 0 aliphatic rings. The van der Waals surface area contributed by atoms with Crippen molar-refractivity contribution in [3.05, 3.63) is 0 Å². The Bertz CT molecular complexity index is 75.8. The molecule has 0 aromatic heterocycles. The lowest BCUT2D eigenvalue weighted by Gasteiger charge is -1.92. The summed E-state index contributed by atoms with van der Waals surface area (Å²) in [4.78, 5) is 15.2. The van der Waals surface area contributed by atoms with E-state index < -0.39 is 7.82 Å². The first-order valence-electron chi connectivity index (χ1n) is 1.00. The van der Waals surface area contributed by atoms with E-state index in [2.05, 4.69) is 10.5 Å². The van der Waals surface area contributed by atoms with Crippen LogP contribution in [0.2, 0.25) is 0 Å². The zero-order valence-electron chi connectivity index (χ0n) is 2.74. The van der Waals surface area contributed by atoms with Crippen LogP contribution in [-0.2, 0) is 9.19 Å². The molecule has 5 nitrogen and oxygen atoms in total. The van der Waals surface area contributed by atoms with Gasteiger partial charge in [0, 0.05) is 1.43 Å². The van der Waals surface area contributed by atoms with E-state index in [1.165, 1.54) is 0 Å². The van der Waals surface area contributed by atoms with Crippen molar-refractivity contribution in [2.24, 2.45) is 5.90 Å². The summed E-state index contributed by atoms with van der Waals surface area (Å²) in [6, 6.07) is 0. The predicted octanol–water partition coefficient (Wildman–Crippen LogP) is -0.785. The Morgan fingerprint density at radius 3 is 2.00 bits per heavy atom. The Morgan fingerprint density at radius 1 is 1.83 bits per heavy atom. The highest BCUT2D eigenvalue weighted by molar-refractivity contribution is 7.46. The molecule has 0 radical (unpaired) electrons. The van der Waals surface area contributed by atoms with Gasteiger partial charge in [-0.05, 0) is 0 Å². The van der Waals surface area contributed by atoms with Crippen LogP contribution in [0.15, 0.2) is 0 Å². The number of hydrogen-bond donors (Lipinski definition) is 3. The number of nitrogens with two attached hydrogens (primary N) is 1. The fourth-order valence-corrected chi connectivity index (χ4v) is 0. The molecule has 0 bridgehead atoms. The molecule has 0 fully saturated rings. The van der Waals surface area contributed by atoms with E-state index in [0.717, 1.165) is 0 Å². The zero-order chi connectivity index (χ0) is 5.21. The maximum atomic E-state index is 9.35. The fraction of sp³-hybridized carbons (Fsp3) is 0. The molecule has 0 atom stereocenters. The van der Waals surface area contributed by atoms with E-state index in [0.29, 0.717) is 0 Å². The highest BCUT2D eigenvalue weighted by Crippen LogP contribution is 2.32. The van der Waals surface area contributed by atoms with Crippen LogP contribution in [0.3, 0.4) is 0 Å². The summed E-state index contributed by atoms with van der Waals surface area (Å²) in [6.45, 7) is 0. The number of phosphoric acid groups is 1. The third-order valence-corrected chi connectivity index (χ3v) is 0.412. The maximum Gasteiger partial charge on any atom is 0.485 e. The van der Waals surface area contributed by atoms with Crippen LogP contribution in [0.4, 0.5) is 0 Å². The molecular weight excluding hydrogens is 109 g/mol. The zero-order valence-corrected chi connectivity index (χ0v) is 3.63. The van der Waals surface area contributed by atoms with Crippen molar-refractivity contribution in [2.75, 3.05) is 0 Å². The van der Waals surface area contributed by atoms with Gasteiger partial charge in [-0.15, -0.1) is 0 Å². The van der Waals surface area contributed by atoms with Crippen molar-refractivity contribution in [3.63, 3.8) is 0 Å². The molecular formula is H6NO4P. The Balaban J connectivity index is 0. The molecule has 0 saturated heterocycles. The van der Waals surface area contributed by atoms with Gasteiger partial charge in [-0.25, -0.2) is 15.1 Å². The summed E-state index contributed by atoms with van der Waals surface area (Å²) >= 11 is 0. The van der Waals surface area contributed by atoms with Crippen LogP contribution in [0.5, 0.6) is 0 Å². The second kappa shape index (κ2) is 1.68. The highest BCUT2D eigenvalue weighted by atomic mass is 31.2. The van der Waals surface area contributed by atoms with Crippen LogP contribution in [-0.4, -0.2) is 9.79 Å². The van der Waals surface area contributed by atoms with Gasteiger partial charge in [0.15, 0.2) is 0 Å². The van der Waals surface area contributed by atoms with Crippen molar-refractivity contribution >= 4 is 7.82 Å². The molecule has 0 rings (SSSR count). The average molecular weight is 115 g/mol. The van der Waals surface area contributed by atoms with Crippen molar-refractivity contribution in [1.82, 2.24) is 0 Å². The van der Waals surface area contributed by atoms with Gasteiger partial charge in [0.05, 0.1) is 0 Å². The van der Waals surface area contributed by atoms with Gasteiger partial charge in [-0.2, -0.15) is 0 Å². The Hall–Kier alpha value is 0.0700. The molecule has 0 aliphatic heterocycles. The Labute approximate surface area is 35.4 Å². The molecule has 0 saturated carbocycles. The van der Waals surface area contributed by atoms with Crippen LogP contribution in [0.1, 0.15) is 1.43 Å². The maximum absolute atomic E-state index is 9.35. The lowest BCUT2D eigenvalue weighted by atomic mass is 13.6. The third-order valence-electron chi connectivity index (χ3n) is 0.137. The first-order valence-corrected chi connectivity index (χ1v) is 2.53. The number of hydrogen-bond acceptors (Lipinski definition) is 3. The summed E-state index contributed by atoms with van der Waals surface area (Å²) in [5.74, 6) is 4.04. The van der Waals surface area contributed by atoms with E-state index in [9.17, 15) is 4.57 Å². The molecule has 0 aliphatic carbocycles. The SMILES string of the molecule is NOP(=O)(O)O.[HH]. The smallest absolute Gasteiger partial charge is 0.302 e. The second-order valence-electron chi connectivity index (χ2n) is 0.596. The molecule has 0 unspecified atom stereocenters. The highest BCUT2D eigenvalue weighted by Gasteiger charge is 2.08. The summed E-state index contributed by atoms with van der Waals surface area (Å²) < 4.78 is 12.5. The summed E-state index contributed by atoms with van der Waals surface area (Å²) in [7, 11) is -4.37. The van der Waals surface area contributed by atoms with Crippen LogP contribution in [0, 0.1) is 0 Å². The third kappa shape index (κ3) is 4.07. The minimum absolute atomic E-state index is 0. The lowest BCUT2D eigenvalue weighted by Crippen LogP contribution is -1.93. The van der Waals surface area contributed by atoms with E-state index in [1.807, 2.05) is 0 Å². The van der Waals surface area contributed by atoms with E-state index in [4.69, 9.17) is 9.79 Å². The summed E-state index contributed by atoms with van der Waals surface area (Å²) in [6.07, 6.45) is 0. The van der Waals surface area contributed by atoms with Gasteiger partial charge in [0.1, 0.15) is 0 Å². The summed E-state index contributed by atoms with van der Waals surface area (Å²) in [5, 5.41) is 0. The van der Waals surface area contributed by atoms with Gasteiger partial charge in [-0.3, -0.25) is 0 Å². The van der Waals surface area contributed by atoms with Crippen molar-refractivity contribution in [2.45, 2.75) is 0 Å². The molecule has 6 heteroatoms. The number of rotatable bonds is 1. The van der Waals surface area contributed by atoms with Crippen LogP contribution in [0.25, 0.3) is 0 Å². The lowest BCUT2D eigenvalue weighted by molar-refractivity contribution is 0.201. The molecule has 4 N–H and O–H groups in total. The molecule has 0 heterocycles. The second-order valence-corrected chi connectivity index (χ2v) is 1.79. The predicted molar refractivity (Wildman–Crippen MR) is 19.4 cm³/mol.